The van der Waals surface area contributed by atoms with Gasteiger partial charge in [0.25, 0.3) is 5.69 Å². The number of ketones is 1. The number of Topliss-reactive ketones (excluding diaryl/α,β-unsaturated/α-hetero) is 1. The number of alkyl halides is 1. The quantitative estimate of drug-likeness (QED) is 0.281. The summed E-state index contributed by atoms with van der Waals surface area (Å²) in [7, 11) is 0. The Kier molecular flexibility index (Phi) is 3.26. The van der Waals surface area contributed by atoms with E-state index < -0.39 is 10.7 Å². The molecule has 0 amide bonds. The van der Waals surface area contributed by atoms with E-state index in [9.17, 15) is 14.9 Å². The Hall–Kier alpha value is -1.62. The van der Waals surface area contributed by atoms with Gasteiger partial charge in [-0.1, -0.05) is 0 Å². The smallest absolute Gasteiger partial charge is 0.280 e. The Morgan fingerprint density at radius 2 is 2.20 bits per heavy atom. The van der Waals surface area contributed by atoms with Gasteiger partial charge in [-0.3, -0.25) is 14.9 Å². The van der Waals surface area contributed by atoms with Crippen LogP contribution in [0.4, 0.5) is 11.4 Å². The number of halogens is 1. The molecule has 1 aromatic carbocycles. The Balaban J connectivity index is 3.41. The summed E-state index contributed by atoms with van der Waals surface area (Å²) < 4.78 is 0. The fourth-order valence-electron chi connectivity index (χ4n) is 1.16. The average molecular weight is 229 g/mol. The number of rotatable bonds is 3. The number of nitrogen functional groups attached to an aromatic ring is 1. The largest absolute Gasteiger partial charge is 0.398 e. The van der Waals surface area contributed by atoms with Crippen molar-refractivity contribution < 1.29 is 9.72 Å². The summed E-state index contributed by atoms with van der Waals surface area (Å²) in [5, 5.41) is 10.7. The molecule has 0 atom stereocenters. The van der Waals surface area contributed by atoms with Gasteiger partial charge >= 0.3 is 0 Å². The third kappa shape index (κ3) is 2.24. The molecule has 1 aromatic rings. The van der Waals surface area contributed by atoms with E-state index >= 15 is 0 Å². The van der Waals surface area contributed by atoms with Crippen LogP contribution >= 0.6 is 11.6 Å². The van der Waals surface area contributed by atoms with E-state index in [-0.39, 0.29) is 17.1 Å². The Labute approximate surface area is 91.0 Å². The molecule has 0 bridgehead atoms. The Bertz CT molecular complexity index is 432. The lowest BCUT2D eigenvalue weighted by atomic mass is 10.1. The third-order valence-corrected chi connectivity index (χ3v) is 2.25. The molecular formula is C9H9ClN2O3. The van der Waals surface area contributed by atoms with E-state index in [0.29, 0.717) is 11.3 Å². The van der Waals surface area contributed by atoms with E-state index in [4.69, 9.17) is 17.3 Å². The zero-order valence-corrected chi connectivity index (χ0v) is 8.75. The van der Waals surface area contributed by atoms with Crippen molar-refractivity contribution in [2.45, 2.75) is 6.92 Å². The average Bonchev–Trinajstić information content (AvgIpc) is 2.20. The molecule has 0 aliphatic rings. The van der Waals surface area contributed by atoms with E-state index in [0.717, 1.165) is 0 Å². The molecule has 80 valence electrons. The summed E-state index contributed by atoms with van der Waals surface area (Å²) >= 11 is 5.34. The number of anilines is 1. The molecule has 0 heterocycles. The number of carbonyl (C=O) groups is 1. The van der Waals surface area contributed by atoms with Crippen LogP contribution in [0.3, 0.4) is 0 Å². The van der Waals surface area contributed by atoms with Gasteiger partial charge in [0.2, 0.25) is 0 Å². The van der Waals surface area contributed by atoms with Crippen LogP contribution in [0.15, 0.2) is 12.1 Å². The van der Waals surface area contributed by atoms with Crippen LogP contribution in [0, 0.1) is 17.0 Å². The molecule has 0 aromatic heterocycles. The predicted octanol–water partition coefficient (Wildman–Crippen LogP) is 1.91. The summed E-state index contributed by atoms with van der Waals surface area (Å²) in [6.07, 6.45) is 0. The monoisotopic (exact) mass is 228 g/mol. The van der Waals surface area contributed by atoms with Crippen LogP contribution in [0.25, 0.3) is 0 Å². The van der Waals surface area contributed by atoms with Gasteiger partial charge in [-0.15, -0.1) is 11.6 Å². The summed E-state index contributed by atoms with van der Waals surface area (Å²) in [6, 6.07) is 2.56. The second-order valence-corrected chi connectivity index (χ2v) is 3.31. The van der Waals surface area contributed by atoms with Gasteiger partial charge in [0.05, 0.1) is 16.4 Å². The van der Waals surface area contributed by atoms with Crippen LogP contribution in [0.5, 0.6) is 0 Å². The van der Waals surface area contributed by atoms with Crippen molar-refractivity contribution >= 4 is 28.8 Å². The molecule has 1 rings (SSSR count). The number of nitro groups is 1. The summed E-state index contributed by atoms with van der Waals surface area (Å²) in [6.45, 7) is 1.64. The molecule has 0 spiro atoms. The molecule has 5 nitrogen and oxygen atoms in total. The lowest BCUT2D eigenvalue weighted by Crippen LogP contribution is -2.07. The first-order valence-corrected chi connectivity index (χ1v) is 4.64. The van der Waals surface area contributed by atoms with Gasteiger partial charge < -0.3 is 5.73 Å². The van der Waals surface area contributed by atoms with Crippen LogP contribution in [-0.4, -0.2) is 16.6 Å². The zero-order valence-electron chi connectivity index (χ0n) is 7.99. The Morgan fingerprint density at radius 1 is 1.60 bits per heavy atom. The number of benzene rings is 1. The van der Waals surface area contributed by atoms with E-state index in [1.165, 1.54) is 12.1 Å². The fraction of sp³-hybridized carbons (Fsp3) is 0.222. The van der Waals surface area contributed by atoms with E-state index in [2.05, 4.69) is 0 Å². The number of nitrogens with two attached hydrogens (primary N) is 1. The fourth-order valence-corrected chi connectivity index (χ4v) is 1.30. The second kappa shape index (κ2) is 4.27. The minimum Gasteiger partial charge on any atom is -0.398 e. The lowest BCUT2D eigenvalue weighted by molar-refractivity contribution is -0.385. The van der Waals surface area contributed by atoms with Crippen molar-refractivity contribution in [3.8, 4) is 0 Å². The number of hydrogen-bond donors (Lipinski definition) is 1. The lowest BCUT2D eigenvalue weighted by Gasteiger charge is -2.04. The number of nitro benzene ring substituents is 1. The standard InChI is InChI=1S/C9H9ClN2O3/c1-5-2-8(12(14)15)6(3-7(5)11)9(13)4-10/h2-3H,4,11H2,1H3. The number of carbonyl (C=O) groups excluding carboxylic acids is 1. The zero-order chi connectivity index (χ0) is 11.6. The second-order valence-electron chi connectivity index (χ2n) is 3.04. The van der Waals surface area contributed by atoms with Gasteiger partial charge in [0.1, 0.15) is 0 Å². The van der Waals surface area contributed by atoms with Crippen LogP contribution in [0.1, 0.15) is 15.9 Å². The molecule has 0 radical (unpaired) electrons. The minimum absolute atomic E-state index is 0.0434. The van der Waals surface area contributed by atoms with Crippen LogP contribution < -0.4 is 5.73 Å². The highest BCUT2D eigenvalue weighted by Gasteiger charge is 2.20. The summed E-state index contributed by atoms with van der Waals surface area (Å²) in [5.74, 6) is -0.807. The number of nitrogens with zero attached hydrogens (tertiary/aromatic N) is 1. The first kappa shape index (κ1) is 11.5. The minimum atomic E-state index is -0.619. The normalized spacial score (nSPS) is 10.0. The van der Waals surface area contributed by atoms with Gasteiger partial charge in [-0.25, -0.2) is 0 Å². The van der Waals surface area contributed by atoms with Crippen molar-refractivity contribution in [3.63, 3.8) is 0 Å². The maximum absolute atomic E-state index is 11.3. The third-order valence-electron chi connectivity index (χ3n) is 2.00. The van der Waals surface area contributed by atoms with Gasteiger partial charge in [-0.05, 0) is 18.6 Å². The first-order valence-electron chi connectivity index (χ1n) is 4.11. The molecule has 0 fully saturated rings. The first-order chi connectivity index (χ1) is 6.97. The van der Waals surface area contributed by atoms with Gasteiger partial charge in [0, 0.05) is 11.8 Å². The summed E-state index contributed by atoms with van der Waals surface area (Å²) in [4.78, 5) is 21.4. The van der Waals surface area contributed by atoms with Crippen LogP contribution in [-0.2, 0) is 0 Å². The van der Waals surface area contributed by atoms with Crippen molar-refractivity contribution in [2.24, 2.45) is 0 Å². The molecule has 15 heavy (non-hydrogen) atoms. The Morgan fingerprint density at radius 3 is 2.67 bits per heavy atom. The maximum Gasteiger partial charge on any atom is 0.280 e. The van der Waals surface area contributed by atoms with Crippen molar-refractivity contribution in [1.82, 2.24) is 0 Å². The number of aryl methyl sites for hydroxylation is 1. The maximum atomic E-state index is 11.3. The molecule has 0 unspecified atom stereocenters. The predicted molar refractivity (Wildman–Crippen MR) is 57.3 cm³/mol. The topological polar surface area (TPSA) is 86.2 Å². The molecular weight excluding hydrogens is 220 g/mol. The highest BCUT2D eigenvalue weighted by atomic mass is 35.5. The summed E-state index contributed by atoms with van der Waals surface area (Å²) in [5.41, 5.74) is 6.17. The van der Waals surface area contributed by atoms with E-state index in [1.54, 1.807) is 6.92 Å². The molecule has 0 saturated carbocycles. The van der Waals surface area contributed by atoms with Crippen molar-refractivity contribution in [2.75, 3.05) is 11.6 Å². The van der Waals surface area contributed by atoms with Crippen LogP contribution in [0.2, 0.25) is 0 Å². The number of hydrogen-bond acceptors (Lipinski definition) is 4. The van der Waals surface area contributed by atoms with E-state index in [1.807, 2.05) is 0 Å². The SMILES string of the molecule is Cc1cc([N+](=O)[O-])c(C(=O)CCl)cc1N. The highest BCUT2D eigenvalue weighted by molar-refractivity contribution is 6.31. The van der Waals surface area contributed by atoms with Crippen molar-refractivity contribution in [1.29, 1.82) is 0 Å². The van der Waals surface area contributed by atoms with Crippen molar-refractivity contribution in [3.05, 3.63) is 33.4 Å². The highest BCUT2D eigenvalue weighted by Crippen LogP contribution is 2.25. The molecule has 0 aliphatic carbocycles. The molecule has 2 N–H and O–H groups in total. The van der Waals surface area contributed by atoms with Gasteiger partial charge in [-0.2, -0.15) is 0 Å². The van der Waals surface area contributed by atoms with Gasteiger partial charge in [0.15, 0.2) is 5.78 Å². The molecule has 0 saturated heterocycles. The molecule has 0 aliphatic heterocycles. The molecule has 6 heteroatoms.